The zero-order valence-electron chi connectivity index (χ0n) is 12.8. The van der Waals surface area contributed by atoms with Gasteiger partial charge in [0.15, 0.2) is 5.69 Å². The molecular weight excluding hydrogens is 286 g/mol. The summed E-state index contributed by atoms with van der Waals surface area (Å²) in [5.41, 5.74) is 0.980. The molecule has 0 aliphatic rings. The zero-order chi connectivity index (χ0) is 16.5. The molecule has 0 spiro atoms. The lowest BCUT2D eigenvalue weighted by Crippen LogP contribution is -2.21. The number of carbonyl (C=O) groups is 2. The molecule has 0 atom stereocenters. The van der Waals surface area contributed by atoms with Gasteiger partial charge in [-0.2, -0.15) is 0 Å². The number of benzene rings is 1. The van der Waals surface area contributed by atoms with Crippen molar-refractivity contribution in [1.82, 2.24) is 15.0 Å². The molecule has 1 aromatic carbocycles. The molecule has 0 bridgehead atoms. The predicted molar refractivity (Wildman–Crippen MR) is 78.4 cm³/mol. The highest BCUT2D eigenvalue weighted by Crippen LogP contribution is 2.27. The molecule has 0 amide bonds. The Hall–Kier alpha value is -2.70. The first-order chi connectivity index (χ1) is 10.3. The van der Waals surface area contributed by atoms with Crippen molar-refractivity contribution in [2.45, 2.75) is 26.2 Å². The van der Waals surface area contributed by atoms with Gasteiger partial charge < -0.3 is 9.84 Å². The van der Waals surface area contributed by atoms with Gasteiger partial charge in [0.1, 0.15) is 0 Å². The number of methoxy groups -OCH3 is 1. The Labute approximate surface area is 127 Å². The second kappa shape index (κ2) is 5.59. The van der Waals surface area contributed by atoms with Crippen LogP contribution in [0.4, 0.5) is 0 Å². The van der Waals surface area contributed by atoms with Crippen molar-refractivity contribution in [1.29, 1.82) is 0 Å². The minimum absolute atomic E-state index is 0.0791. The molecule has 0 aliphatic heterocycles. The van der Waals surface area contributed by atoms with Crippen LogP contribution in [0.15, 0.2) is 24.3 Å². The topological polar surface area (TPSA) is 94.3 Å². The van der Waals surface area contributed by atoms with Gasteiger partial charge in [0, 0.05) is 5.41 Å². The first kappa shape index (κ1) is 15.7. The van der Waals surface area contributed by atoms with Gasteiger partial charge in [-0.15, -0.1) is 5.10 Å². The molecule has 1 N–H and O–H groups in total. The second-order valence-electron chi connectivity index (χ2n) is 5.79. The highest BCUT2D eigenvalue weighted by atomic mass is 16.5. The summed E-state index contributed by atoms with van der Waals surface area (Å²) in [4.78, 5) is 22.8. The number of rotatable bonds is 3. The van der Waals surface area contributed by atoms with Gasteiger partial charge in [-0.25, -0.2) is 14.3 Å². The third-order valence-electron chi connectivity index (χ3n) is 3.12. The van der Waals surface area contributed by atoms with E-state index in [1.165, 1.54) is 11.8 Å². The maximum atomic E-state index is 11.4. The molecule has 0 saturated carbocycles. The summed E-state index contributed by atoms with van der Waals surface area (Å²) in [6.45, 7) is 5.66. The SMILES string of the molecule is COC(=O)c1ccc(-n2nnc(C(=O)O)c2C(C)(C)C)cc1. The average molecular weight is 303 g/mol. The van der Waals surface area contributed by atoms with Crippen molar-refractivity contribution in [3.05, 3.63) is 41.2 Å². The van der Waals surface area contributed by atoms with Gasteiger partial charge >= 0.3 is 11.9 Å². The number of hydrogen-bond acceptors (Lipinski definition) is 5. The van der Waals surface area contributed by atoms with Crippen LogP contribution in [-0.2, 0) is 10.2 Å². The molecular formula is C15H17N3O4. The van der Waals surface area contributed by atoms with E-state index in [1.54, 1.807) is 24.3 Å². The van der Waals surface area contributed by atoms with Gasteiger partial charge in [0.05, 0.1) is 24.1 Å². The van der Waals surface area contributed by atoms with E-state index in [0.29, 0.717) is 16.9 Å². The van der Waals surface area contributed by atoms with Crippen LogP contribution >= 0.6 is 0 Å². The van der Waals surface area contributed by atoms with Crippen LogP contribution in [0.5, 0.6) is 0 Å². The van der Waals surface area contributed by atoms with Crippen LogP contribution < -0.4 is 0 Å². The summed E-state index contributed by atoms with van der Waals surface area (Å²) in [6, 6.07) is 6.52. The maximum Gasteiger partial charge on any atom is 0.358 e. The van der Waals surface area contributed by atoms with Crippen molar-refractivity contribution in [2.75, 3.05) is 7.11 Å². The van der Waals surface area contributed by atoms with Crippen molar-refractivity contribution in [3.8, 4) is 5.69 Å². The van der Waals surface area contributed by atoms with E-state index >= 15 is 0 Å². The number of carboxylic acid groups (broad SMARTS) is 1. The molecule has 1 aromatic heterocycles. The fourth-order valence-electron chi connectivity index (χ4n) is 2.14. The molecule has 2 aromatic rings. The number of carboxylic acids is 1. The fourth-order valence-corrected chi connectivity index (χ4v) is 2.14. The van der Waals surface area contributed by atoms with Crippen LogP contribution in [0.25, 0.3) is 5.69 Å². The van der Waals surface area contributed by atoms with Gasteiger partial charge in [0.25, 0.3) is 0 Å². The first-order valence-corrected chi connectivity index (χ1v) is 6.64. The van der Waals surface area contributed by atoms with E-state index < -0.39 is 17.4 Å². The Bertz CT molecular complexity index is 711. The van der Waals surface area contributed by atoms with Crippen LogP contribution in [-0.4, -0.2) is 39.1 Å². The predicted octanol–water partition coefficient (Wildman–Crippen LogP) is 2.05. The van der Waals surface area contributed by atoms with Gasteiger partial charge in [-0.3, -0.25) is 0 Å². The first-order valence-electron chi connectivity index (χ1n) is 6.64. The third-order valence-corrected chi connectivity index (χ3v) is 3.12. The highest BCUT2D eigenvalue weighted by molar-refractivity contribution is 5.89. The number of aromatic nitrogens is 3. The largest absolute Gasteiger partial charge is 0.476 e. The van der Waals surface area contributed by atoms with Gasteiger partial charge in [0.2, 0.25) is 0 Å². The summed E-state index contributed by atoms with van der Waals surface area (Å²) >= 11 is 0. The van der Waals surface area contributed by atoms with E-state index in [-0.39, 0.29) is 5.69 Å². The lowest BCUT2D eigenvalue weighted by molar-refractivity contribution is 0.0599. The Morgan fingerprint density at radius 1 is 1.18 bits per heavy atom. The smallest absolute Gasteiger partial charge is 0.358 e. The summed E-state index contributed by atoms with van der Waals surface area (Å²) in [5.74, 6) is -1.56. The van der Waals surface area contributed by atoms with E-state index in [1.807, 2.05) is 20.8 Å². The Morgan fingerprint density at radius 2 is 1.77 bits per heavy atom. The Balaban J connectivity index is 2.54. The molecule has 7 heteroatoms. The number of carbonyl (C=O) groups excluding carboxylic acids is 1. The maximum absolute atomic E-state index is 11.4. The number of hydrogen-bond donors (Lipinski definition) is 1. The van der Waals surface area contributed by atoms with Crippen molar-refractivity contribution in [2.24, 2.45) is 0 Å². The summed E-state index contributed by atoms with van der Waals surface area (Å²) in [5, 5.41) is 17.0. The lowest BCUT2D eigenvalue weighted by Gasteiger charge is -2.20. The number of aromatic carboxylic acids is 1. The quantitative estimate of drug-likeness (QED) is 0.872. The molecule has 22 heavy (non-hydrogen) atoms. The van der Waals surface area contributed by atoms with Crippen molar-refractivity contribution < 1.29 is 19.4 Å². The monoisotopic (exact) mass is 303 g/mol. The van der Waals surface area contributed by atoms with E-state index in [0.717, 1.165) is 0 Å². The van der Waals surface area contributed by atoms with Crippen LogP contribution in [0.2, 0.25) is 0 Å². The normalized spacial score (nSPS) is 11.3. The van der Waals surface area contributed by atoms with Crippen LogP contribution in [0, 0.1) is 0 Å². The summed E-state index contributed by atoms with van der Waals surface area (Å²) < 4.78 is 6.12. The molecule has 1 heterocycles. The molecule has 7 nitrogen and oxygen atoms in total. The fraction of sp³-hybridized carbons (Fsp3) is 0.333. The minimum atomic E-state index is -1.12. The standard InChI is InChI=1S/C15H17N3O4/c1-15(2,3)12-11(13(19)20)16-17-18(12)10-7-5-9(6-8-10)14(21)22-4/h5-8H,1-4H3,(H,19,20). The summed E-state index contributed by atoms with van der Waals surface area (Å²) in [6.07, 6.45) is 0. The molecule has 0 saturated heterocycles. The van der Waals surface area contributed by atoms with E-state index in [9.17, 15) is 14.7 Å². The number of nitrogens with zero attached hydrogens (tertiary/aromatic N) is 3. The molecule has 116 valence electrons. The Kier molecular flexibility index (Phi) is 3.99. The van der Waals surface area contributed by atoms with Gasteiger partial charge in [-0.05, 0) is 24.3 Å². The lowest BCUT2D eigenvalue weighted by atomic mass is 9.90. The number of ether oxygens (including phenoxy) is 1. The minimum Gasteiger partial charge on any atom is -0.476 e. The third kappa shape index (κ3) is 2.83. The van der Waals surface area contributed by atoms with E-state index in [2.05, 4.69) is 15.0 Å². The molecule has 0 fully saturated rings. The van der Waals surface area contributed by atoms with Gasteiger partial charge in [-0.1, -0.05) is 26.0 Å². The summed E-state index contributed by atoms with van der Waals surface area (Å²) in [7, 11) is 1.31. The second-order valence-corrected chi connectivity index (χ2v) is 5.79. The average Bonchev–Trinajstić information content (AvgIpc) is 2.92. The number of esters is 1. The molecule has 0 aliphatic carbocycles. The zero-order valence-corrected chi connectivity index (χ0v) is 12.8. The molecule has 0 radical (unpaired) electrons. The molecule has 0 unspecified atom stereocenters. The van der Waals surface area contributed by atoms with Crippen LogP contribution in [0.1, 0.15) is 47.3 Å². The highest BCUT2D eigenvalue weighted by Gasteiger charge is 2.29. The van der Waals surface area contributed by atoms with Crippen molar-refractivity contribution >= 4 is 11.9 Å². The van der Waals surface area contributed by atoms with E-state index in [4.69, 9.17) is 0 Å². The Morgan fingerprint density at radius 3 is 2.23 bits per heavy atom. The molecule has 2 rings (SSSR count). The van der Waals surface area contributed by atoms with Crippen molar-refractivity contribution in [3.63, 3.8) is 0 Å². The van der Waals surface area contributed by atoms with Crippen LogP contribution in [0.3, 0.4) is 0 Å².